The van der Waals surface area contributed by atoms with Gasteiger partial charge in [-0.3, -0.25) is 4.79 Å². The van der Waals surface area contributed by atoms with Gasteiger partial charge in [0.05, 0.1) is 22.3 Å². The first kappa shape index (κ1) is 16.5. The van der Waals surface area contributed by atoms with Crippen LogP contribution in [0.25, 0.3) is 26.7 Å². The number of nitrogens with zero attached hydrogens (tertiary/aromatic N) is 5. The Morgan fingerprint density at radius 2 is 1.89 bits per heavy atom. The molecule has 0 bridgehead atoms. The Balaban J connectivity index is 1.33. The number of hydrogen-bond donors (Lipinski definition) is 1. The maximum absolute atomic E-state index is 12.5. The molecule has 0 atom stereocenters. The van der Waals surface area contributed by atoms with Gasteiger partial charge in [0.25, 0.3) is 0 Å². The maximum Gasteiger partial charge on any atom is 0.230 e. The number of benzene rings is 3. The van der Waals surface area contributed by atoms with Gasteiger partial charge < -0.3 is 5.32 Å². The maximum atomic E-state index is 12.5. The van der Waals surface area contributed by atoms with Crippen molar-refractivity contribution in [1.82, 2.24) is 25.2 Å². The van der Waals surface area contributed by atoms with Crippen LogP contribution in [0.15, 0.2) is 67.0 Å². The van der Waals surface area contributed by atoms with Crippen LogP contribution in [-0.4, -0.2) is 31.1 Å². The Hall–Kier alpha value is -3.65. The van der Waals surface area contributed by atoms with Crippen molar-refractivity contribution in [3.8, 4) is 5.69 Å². The van der Waals surface area contributed by atoms with Gasteiger partial charge in [-0.1, -0.05) is 53.8 Å². The summed E-state index contributed by atoms with van der Waals surface area (Å²) < 4.78 is 2.62. The molecular weight excluding hydrogens is 372 g/mol. The van der Waals surface area contributed by atoms with Crippen LogP contribution in [0.4, 0.5) is 5.13 Å². The Bertz CT molecular complexity index is 1280. The molecule has 1 N–H and O–H groups in total. The third-order valence-corrected chi connectivity index (χ3v) is 5.38. The minimum atomic E-state index is -0.0986. The number of tetrazole rings is 1. The van der Waals surface area contributed by atoms with Crippen molar-refractivity contribution in [3.05, 3.63) is 72.6 Å². The molecule has 0 radical (unpaired) electrons. The molecule has 136 valence electrons. The highest BCUT2D eigenvalue weighted by Gasteiger charge is 2.11. The van der Waals surface area contributed by atoms with Gasteiger partial charge in [-0.15, -0.1) is 5.10 Å². The molecule has 0 aliphatic heterocycles. The largest absolute Gasteiger partial charge is 0.302 e. The molecule has 0 spiro atoms. The molecule has 0 aliphatic carbocycles. The zero-order valence-electron chi connectivity index (χ0n) is 14.6. The van der Waals surface area contributed by atoms with Crippen molar-refractivity contribution < 1.29 is 4.79 Å². The fourth-order valence-corrected chi connectivity index (χ4v) is 4.01. The van der Waals surface area contributed by atoms with Crippen LogP contribution < -0.4 is 5.32 Å². The van der Waals surface area contributed by atoms with E-state index in [1.165, 1.54) is 17.7 Å². The third-order valence-electron chi connectivity index (χ3n) is 4.44. The minimum Gasteiger partial charge on any atom is -0.302 e. The number of carbonyl (C=O) groups is 1. The number of amides is 1. The second-order valence-electron chi connectivity index (χ2n) is 6.30. The number of carbonyl (C=O) groups excluding carboxylic acids is 1. The molecule has 5 aromatic rings. The number of fused-ring (bicyclic) bond motifs is 3. The van der Waals surface area contributed by atoms with E-state index in [4.69, 9.17) is 0 Å². The topological polar surface area (TPSA) is 85.6 Å². The standard InChI is InChI=1S/C20H14N6OS/c27-18(11-13-5-8-15(9-6-13)26-12-21-24-25-26)22-20-23-19-16-4-2-1-3-14(16)7-10-17(19)28-20/h1-10,12H,11H2,(H,22,23,27). The Morgan fingerprint density at radius 3 is 2.71 bits per heavy atom. The molecule has 0 aliphatic rings. The van der Waals surface area contributed by atoms with Crippen molar-refractivity contribution in [3.63, 3.8) is 0 Å². The number of thiazole rings is 1. The van der Waals surface area contributed by atoms with E-state index >= 15 is 0 Å². The first-order chi connectivity index (χ1) is 13.8. The summed E-state index contributed by atoms with van der Waals surface area (Å²) in [6, 6.07) is 19.8. The highest BCUT2D eigenvalue weighted by atomic mass is 32.1. The molecule has 0 saturated carbocycles. The van der Waals surface area contributed by atoms with E-state index in [1.54, 1.807) is 4.68 Å². The van der Waals surface area contributed by atoms with Crippen LogP contribution in [0, 0.1) is 0 Å². The number of aromatic nitrogens is 5. The molecule has 0 unspecified atom stereocenters. The first-order valence-electron chi connectivity index (χ1n) is 8.67. The number of anilines is 1. The average Bonchev–Trinajstić information content (AvgIpc) is 3.38. The molecular formula is C20H14N6OS. The van der Waals surface area contributed by atoms with E-state index < -0.39 is 0 Å². The van der Waals surface area contributed by atoms with Gasteiger partial charge >= 0.3 is 0 Å². The molecule has 0 fully saturated rings. The van der Waals surface area contributed by atoms with Crippen molar-refractivity contribution in [2.24, 2.45) is 0 Å². The third kappa shape index (κ3) is 3.10. The van der Waals surface area contributed by atoms with Gasteiger partial charge in [-0.25, -0.2) is 9.67 Å². The summed E-state index contributed by atoms with van der Waals surface area (Å²) in [6.07, 6.45) is 1.80. The summed E-state index contributed by atoms with van der Waals surface area (Å²) in [5.74, 6) is -0.0986. The Morgan fingerprint density at radius 1 is 1.04 bits per heavy atom. The fourth-order valence-electron chi connectivity index (χ4n) is 3.11. The van der Waals surface area contributed by atoms with E-state index in [9.17, 15) is 4.79 Å². The summed E-state index contributed by atoms with van der Waals surface area (Å²) in [7, 11) is 0. The first-order valence-corrected chi connectivity index (χ1v) is 9.48. The number of rotatable bonds is 4. The van der Waals surface area contributed by atoms with Crippen molar-refractivity contribution >= 4 is 43.4 Å². The number of hydrogen-bond acceptors (Lipinski definition) is 6. The second kappa shape index (κ2) is 6.82. The lowest BCUT2D eigenvalue weighted by Gasteiger charge is -2.04. The predicted octanol–water partition coefficient (Wildman–Crippen LogP) is 3.61. The lowest BCUT2D eigenvalue weighted by molar-refractivity contribution is -0.115. The minimum absolute atomic E-state index is 0.0986. The molecule has 28 heavy (non-hydrogen) atoms. The molecule has 8 heteroatoms. The van der Waals surface area contributed by atoms with Crippen LogP contribution in [0.3, 0.4) is 0 Å². The lowest BCUT2D eigenvalue weighted by Crippen LogP contribution is -2.14. The van der Waals surface area contributed by atoms with Gasteiger partial charge in [0.1, 0.15) is 6.33 Å². The highest BCUT2D eigenvalue weighted by Crippen LogP contribution is 2.31. The quantitative estimate of drug-likeness (QED) is 0.510. The normalized spacial score (nSPS) is 11.1. The Kier molecular flexibility index (Phi) is 4.02. The van der Waals surface area contributed by atoms with E-state index in [2.05, 4.69) is 44.0 Å². The SMILES string of the molecule is O=C(Cc1ccc(-n2cnnn2)cc1)Nc1nc2c(ccc3ccccc32)s1. The van der Waals surface area contributed by atoms with Crippen molar-refractivity contribution in [2.45, 2.75) is 6.42 Å². The van der Waals surface area contributed by atoms with Gasteiger partial charge in [0.15, 0.2) is 5.13 Å². The monoisotopic (exact) mass is 386 g/mol. The van der Waals surface area contributed by atoms with Crippen LogP contribution in [0.2, 0.25) is 0 Å². The predicted molar refractivity (Wildman–Crippen MR) is 109 cm³/mol. The molecule has 0 saturated heterocycles. The van der Waals surface area contributed by atoms with Crippen LogP contribution >= 0.6 is 11.3 Å². The second-order valence-corrected chi connectivity index (χ2v) is 7.33. The van der Waals surface area contributed by atoms with Crippen molar-refractivity contribution in [1.29, 1.82) is 0 Å². The zero-order chi connectivity index (χ0) is 18.9. The van der Waals surface area contributed by atoms with Crippen LogP contribution in [-0.2, 0) is 11.2 Å². The van der Waals surface area contributed by atoms with E-state index in [1.807, 2.05) is 42.5 Å². The zero-order valence-corrected chi connectivity index (χ0v) is 15.4. The van der Waals surface area contributed by atoms with Crippen LogP contribution in [0.5, 0.6) is 0 Å². The summed E-state index contributed by atoms with van der Waals surface area (Å²) in [6.45, 7) is 0. The van der Waals surface area contributed by atoms with E-state index in [0.29, 0.717) is 5.13 Å². The van der Waals surface area contributed by atoms with E-state index in [-0.39, 0.29) is 12.3 Å². The van der Waals surface area contributed by atoms with Gasteiger partial charge in [0, 0.05) is 5.39 Å². The van der Waals surface area contributed by atoms with E-state index in [0.717, 1.165) is 32.2 Å². The van der Waals surface area contributed by atoms with Gasteiger partial charge in [0.2, 0.25) is 5.91 Å². The summed E-state index contributed by atoms with van der Waals surface area (Å²) in [5, 5.41) is 16.8. The summed E-state index contributed by atoms with van der Waals surface area (Å²) >= 11 is 1.48. The molecule has 5 rings (SSSR count). The van der Waals surface area contributed by atoms with Gasteiger partial charge in [-0.05, 0) is 39.6 Å². The van der Waals surface area contributed by atoms with Crippen molar-refractivity contribution in [2.75, 3.05) is 5.32 Å². The highest BCUT2D eigenvalue weighted by molar-refractivity contribution is 7.22. The summed E-state index contributed by atoms with van der Waals surface area (Å²) in [4.78, 5) is 17.1. The molecule has 7 nitrogen and oxygen atoms in total. The molecule has 1 amide bonds. The lowest BCUT2D eigenvalue weighted by atomic mass is 10.1. The smallest absolute Gasteiger partial charge is 0.230 e. The molecule has 3 aromatic carbocycles. The average molecular weight is 386 g/mol. The van der Waals surface area contributed by atoms with Crippen LogP contribution in [0.1, 0.15) is 5.56 Å². The molecule has 2 aromatic heterocycles. The Labute approximate surface area is 163 Å². The fraction of sp³-hybridized carbons (Fsp3) is 0.0500. The summed E-state index contributed by atoms with van der Waals surface area (Å²) in [5.41, 5.74) is 2.66. The van der Waals surface area contributed by atoms with Gasteiger partial charge in [-0.2, -0.15) is 0 Å². The molecule has 2 heterocycles. The number of nitrogens with one attached hydrogen (secondary N) is 1.